The fourth-order valence-electron chi connectivity index (χ4n) is 2.57. The molecular weight excluding hydrogens is 372 g/mol. The number of thioether (sulfide) groups is 1. The van der Waals surface area contributed by atoms with Crippen LogP contribution in [0.25, 0.3) is 0 Å². The lowest BCUT2D eigenvalue weighted by Crippen LogP contribution is -2.32. The van der Waals surface area contributed by atoms with E-state index in [0.717, 1.165) is 30.0 Å². The molecule has 0 aliphatic carbocycles. The van der Waals surface area contributed by atoms with Gasteiger partial charge in [0.2, 0.25) is 5.91 Å². The van der Waals surface area contributed by atoms with Crippen molar-refractivity contribution >= 4 is 35.1 Å². The SMILES string of the molecule is O=C(CSc1cc(NCc2ccccc2Cl)ncn1)NC[C@H]1CCCO1. The summed E-state index contributed by atoms with van der Waals surface area (Å²) in [6.07, 6.45) is 3.73. The lowest BCUT2D eigenvalue weighted by atomic mass is 10.2. The Labute approximate surface area is 162 Å². The molecule has 0 radical (unpaired) electrons. The van der Waals surface area contributed by atoms with E-state index in [0.29, 0.717) is 29.7 Å². The highest BCUT2D eigenvalue weighted by Crippen LogP contribution is 2.19. The van der Waals surface area contributed by atoms with Crippen molar-refractivity contribution in [2.24, 2.45) is 0 Å². The van der Waals surface area contributed by atoms with Crippen LogP contribution in [-0.4, -0.2) is 40.9 Å². The Morgan fingerprint density at radius 1 is 1.35 bits per heavy atom. The maximum absolute atomic E-state index is 11.9. The highest BCUT2D eigenvalue weighted by atomic mass is 35.5. The van der Waals surface area contributed by atoms with Gasteiger partial charge in [0.15, 0.2) is 0 Å². The quantitative estimate of drug-likeness (QED) is 0.531. The van der Waals surface area contributed by atoms with Crippen molar-refractivity contribution in [1.29, 1.82) is 0 Å². The second-order valence-corrected chi connectivity index (χ2v) is 7.32. The number of halogens is 1. The molecule has 1 saturated heterocycles. The van der Waals surface area contributed by atoms with Gasteiger partial charge in [-0.1, -0.05) is 41.6 Å². The Morgan fingerprint density at radius 2 is 2.23 bits per heavy atom. The van der Waals surface area contributed by atoms with Gasteiger partial charge in [0.05, 0.1) is 11.9 Å². The second-order valence-electron chi connectivity index (χ2n) is 5.91. The zero-order valence-corrected chi connectivity index (χ0v) is 15.9. The minimum atomic E-state index is -0.0188. The Kier molecular flexibility index (Phi) is 7.11. The summed E-state index contributed by atoms with van der Waals surface area (Å²) in [4.78, 5) is 20.4. The largest absolute Gasteiger partial charge is 0.376 e. The summed E-state index contributed by atoms with van der Waals surface area (Å²) >= 11 is 7.53. The fourth-order valence-corrected chi connectivity index (χ4v) is 3.47. The molecule has 1 atom stereocenters. The summed E-state index contributed by atoms with van der Waals surface area (Å²) in [6, 6.07) is 9.49. The Balaban J connectivity index is 1.44. The average molecular weight is 393 g/mol. The van der Waals surface area contributed by atoms with E-state index >= 15 is 0 Å². The van der Waals surface area contributed by atoms with Crippen LogP contribution in [0.3, 0.4) is 0 Å². The molecule has 1 aromatic heterocycles. The molecule has 138 valence electrons. The first-order valence-electron chi connectivity index (χ1n) is 8.51. The first kappa shape index (κ1) is 18.9. The van der Waals surface area contributed by atoms with E-state index < -0.39 is 0 Å². The van der Waals surface area contributed by atoms with E-state index in [9.17, 15) is 4.79 Å². The minimum Gasteiger partial charge on any atom is -0.376 e. The zero-order chi connectivity index (χ0) is 18.2. The molecular formula is C18H21ClN4O2S. The van der Waals surface area contributed by atoms with E-state index in [1.54, 1.807) is 0 Å². The van der Waals surface area contributed by atoms with Gasteiger partial charge in [-0.2, -0.15) is 0 Å². The fraction of sp³-hybridized carbons (Fsp3) is 0.389. The predicted octanol–water partition coefficient (Wildman–Crippen LogP) is 3.13. The van der Waals surface area contributed by atoms with E-state index in [4.69, 9.17) is 16.3 Å². The number of carbonyl (C=O) groups is 1. The molecule has 0 unspecified atom stereocenters. The van der Waals surface area contributed by atoms with Gasteiger partial charge in [0.25, 0.3) is 0 Å². The highest BCUT2D eigenvalue weighted by molar-refractivity contribution is 7.99. The number of rotatable bonds is 8. The molecule has 1 aromatic carbocycles. The molecule has 0 spiro atoms. The van der Waals surface area contributed by atoms with Gasteiger partial charge in [-0.25, -0.2) is 9.97 Å². The normalized spacial score (nSPS) is 16.4. The lowest BCUT2D eigenvalue weighted by molar-refractivity contribution is -0.119. The summed E-state index contributed by atoms with van der Waals surface area (Å²) in [5.74, 6) is 0.991. The third-order valence-electron chi connectivity index (χ3n) is 3.96. The molecule has 0 saturated carbocycles. The van der Waals surface area contributed by atoms with Gasteiger partial charge in [-0.3, -0.25) is 4.79 Å². The second kappa shape index (κ2) is 9.75. The van der Waals surface area contributed by atoms with Crippen molar-refractivity contribution in [2.75, 3.05) is 24.2 Å². The first-order valence-corrected chi connectivity index (χ1v) is 9.87. The maximum Gasteiger partial charge on any atom is 0.230 e. The van der Waals surface area contributed by atoms with E-state index in [1.807, 2.05) is 30.3 Å². The number of nitrogens with one attached hydrogen (secondary N) is 2. The molecule has 2 aromatic rings. The van der Waals surface area contributed by atoms with Crippen molar-refractivity contribution < 1.29 is 9.53 Å². The standard InChI is InChI=1S/C18H21ClN4O2S/c19-15-6-2-1-4-13(15)9-20-16-8-18(23-12-22-16)26-11-17(24)21-10-14-5-3-7-25-14/h1-2,4,6,8,12,14H,3,5,7,9-11H2,(H,21,24)(H,20,22,23)/t14-/m1/s1. The summed E-state index contributed by atoms with van der Waals surface area (Å²) < 4.78 is 5.49. The predicted molar refractivity (Wildman–Crippen MR) is 104 cm³/mol. The van der Waals surface area contributed by atoms with Crippen LogP contribution in [-0.2, 0) is 16.1 Å². The molecule has 6 nitrogen and oxygen atoms in total. The van der Waals surface area contributed by atoms with Crippen molar-refractivity contribution in [3.63, 3.8) is 0 Å². The van der Waals surface area contributed by atoms with Crippen LogP contribution in [0.5, 0.6) is 0 Å². The molecule has 1 aliphatic rings. The van der Waals surface area contributed by atoms with Crippen molar-refractivity contribution in [2.45, 2.75) is 30.5 Å². The first-order chi connectivity index (χ1) is 12.7. The number of benzene rings is 1. The Morgan fingerprint density at radius 3 is 3.04 bits per heavy atom. The van der Waals surface area contributed by atoms with Crippen molar-refractivity contribution in [3.8, 4) is 0 Å². The third-order valence-corrected chi connectivity index (χ3v) is 5.26. The average Bonchev–Trinajstić information content (AvgIpc) is 3.18. The van der Waals surface area contributed by atoms with E-state index in [2.05, 4.69) is 20.6 Å². The van der Waals surface area contributed by atoms with Crippen LogP contribution in [0.15, 0.2) is 41.7 Å². The molecule has 8 heteroatoms. The lowest BCUT2D eigenvalue weighted by Gasteiger charge is -2.10. The monoisotopic (exact) mass is 392 g/mol. The molecule has 1 amide bonds. The molecule has 2 N–H and O–H groups in total. The topological polar surface area (TPSA) is 76.1 Å². The number of carbonyl (C=O) groups excluding carboxylic acids is 1. The van der Waals surface area contributed by atoms with E-state index in [-0.39, 0.29) is 12.0 Å². The number of ether oxygens (including phenoxy) is 1. The Hall–Kier alpha value is -1.83. The molecule has 0 bridgehead atoms. The number of amides is 1. The maximum atomic E-state index is 11.9. The van der Waals surface area contributed by atoms with Crippen LogP contribution in [0, 0.1) is 0 Å². The molecule has 2 heterocycles. The number of nitrogens with zero attached hydrogens (tertiary/aromatic N) is 2. The number of anilines is 1. The van der Waals surface area contributed by atoms with Crippen LogP contribution in [0.4, 0.5) is 5.82 Å². The number of hydrogen-bond donors (Lipinski definition) is 2. The smallest absolute Gasteiger partial charge is 0.230 e. The Bertz CT molecular complexity index is 741. The summed E-state index contributed by atoms with van der Waals surface area (Å²) in [7, 11) is 0. The zero-order valence-electron chi connectivity index (χ0n) is 14.3. The van der Waals surface area contributed by atoms with Crippen LogP contribution < -0.4 is 10.6 Å². The van der Waals surface area contributed by atoms with Gasteiger partial charge < -0.3 is 15.4 Å². The highest BCUT2D eigenvalue weighted by Gasteiger charge is 2.16. The number of hydrogen-bond acceptors (Lipinski definition) is 6. The van der Waals surface area contributed by atoms with Crippen molar-refractivity contribution in [3.05, 3.63) is 47.2 Å². The van der Waals surface area contributed by atoms with Crippen molar-refractivity contribution in [1.82, 2.24) is 15.3 Å². The van der Waals surface area contributed by atoms with Gasteiger partial charge in [0.1, 0.15) is 17.2 Å². The molecule has 1 fully saturated rings. The molecule has 3 rings (SSSR count). The molecule has 26 heavy (non-hydrogen) atoms. The van der Waals surface area contributed by atoms with Crippen LogP contribution >= 0.6 is 23.4 Å². The minimum absolute atomic E-state index is 0.0188. The van der Waals surface area contributed by atoms with Gasteiger partial charge in [-0.15, -0.1) is 0 Å². The molecule has 1 aliphatic heterocycles. The number of aromatic nitrogens is 2. The summed E-state index contributed by atoms with van der Waals surface area (Å²) in [5.41, 5.74) is 0.996. The summed E-state index contributed by atoms with van der Waals surface area (Å²) in [6.45, 7) is 1.94. The van der Waals surface area contributed by atoms with Crippen LogP contribution in [0.1, 0.15) is 18.4 Å². The van der Waals surface area contributed by atoms with Crippen LogP contribution in [0.2, 0.25) is 5.02 Å². The third kappa shape index (κ3) is 5.86. The van der Waals surface area contributed by atoms with Gasteiger partial charge >= 0.3 is 0 Å². The van der Waals surface area contributed by atoms with Gasteiger partial charge in [-0.05, 0) is 24.5 Å². The van der Waals surface area contributed by atoms with E-state index in [1.165, 1.54) is 18.1 Å². The summed E-state index contributed by atoms with van der Waals surface area (Å²) in [5, 5.41) is 7.59. The van der Waals surface area contributed by atoms with Gasteiger partial charge in [0, 0.05) is 30.8 Å².